The fourth-order valence-corrected chi connectivity index (χ4v) is 7.38. The van der Waals surface area contributed by atoms with E-state index in [1.165, 1.54) is 9.77 Å². The van der Waals surface area contributed by atoms with Crippen molar-refractivity contribution in [3.05, 3.63) is 53.0 Å². The lowest BCUT2D eigenvalue weighted by molar-refractivity contribution is -0.137. The zero-order valence-electron chi connectivity index (χ0n) is 21.0. The topological polar surface area (TPSA) is 62.7 Å². The molecule has 0 unspecified atom stereocenters. The molecule has 1 aromatic carbocycles. The van der Waals surface area contributed by atoms with E-state index in [1.54, 1.807) is 30.7 Å². The van der Waals surface area contributed by atoms with Crippen molar-refractivity contribution >= 4 is 40.0 Å². The van der Waals surface area contributed by atoms with Gasteiger partial charge in [-0.1, -0.05) is 0 Å². The molecule has 4 rings (SSSR count). The Morgan fingerprint density at radius 3 is 2.92 bits per heavy atom. The number of carboxylic acids is 1. The predicted octanol–water partition coefficient (Wildman–Crippen LogP) is 7.00. The first-order valence-corrected chi connectivity index (χ1v) is 14.5. The summed E-state index contributed by atoms with van der Waals surface area (Å²) in [5.74, 6) is 1.59. The maximum absolute atomic E-state index is 15.5. The van der Waals surface area contributed by atoms with Gasteiger partial charge >= 0.3 is 5.97 Å². The van der Waals surface area contributed by atoms with E-state index >= 15 is 4.39 Å². The van der Waals surface area contributed by atoms with Gasteiger partial charge in [-0.15, -0.1) is 23.1 Å². The first-order chi connectivity index (χ1) is 17.4. The third-order valence-electron chi connectivity index (χ3n) is 7.27. The number of alkyl halides is 1. The molecule has 1 fully saturated rings. The lowest BCUT2D eigenvalue weighted by Gasteiger charge is -2.39. The Kier molecular flexibility index (Phi) is 9.62. The van der Waals surface area contributed by atoms with Crippen molar-refractivity contribution in [2.45, 2.75) is 49.4 Å². The minimum Gasteiger partial charge on any atom is -0.497 e. The Labute approximate surface area is 221 Å². The number of hydrogen-bond acceptors (Lipinski definition) is 6. The van der Waals surface area contributed by atoms with Crippen LogP contribution in [0, 0.1) is 18.8 Å². The number of thioether (sulfide) groups is 1. The van der Waals surface area contributed by atoms with Gasteiger partial charge in [0.1, 0.15) is 11.9 Å². The smallest absolute Gasteiger partial charge is 0.303 e. The number of carbonyl (C=O) groups is 1. The van der Waals surface area contributed by atoms with Gasteiger partial charge in [0.15, 0.2) is 0 Å². The number of halogens is 1. The number of fused-ring (bicyclic) bond motifs is 1. The number of pyridine rings is 1. The Bertz CT molecular complexity index is 1150. The molecule has 5 nitrogen and oxygen atoms in total. The van der Waals surface area contributed by atoms with E-state index in [0.29, 0.717) is 30.1 Å². The number of aliphatic carboxylic acids is 1. The first kappa shape index (κ1) is 26.9. The average Bonchev–Trinajstić information content (AvgIpc) is 3.30. The van der Waals surface area contributed by atoms with E-state index in [-0.39, 0.29) is 12.3 Å². The Morgan fingerprint density at radius 2 is 2.17 bits per heavy atom. The molecule has 0 aliphatic carbocycles. The molecule has 0 amide bonds. The van der Waals surface area contributed by atoms with Crippen LogP contribution in [0.1, 0.15) is 49.4 Å². The third-order valence-corrected chi connectivity index (χ3v) is 9.69. The highest BCUT2D eigenvalue weighted by atomic mass is 32.2. The molecular weight excluding hydrogens is 495 g/mol. The van der Waals surface area contributed by atoms with Crippen LogP contribution in [0.4, 0.5) is 4.39 Å². The highest BCUT2D eigenvalue weighted by molar-refractivity contribution is 8.01. The van der Waals surface area contributed by atoms with Crippen molar-refractivity contribution in [3.8, 4) is 5.75 Å². The highest BCUT2D eigenvalue weighted by Crippen LogP contribution is 2.37. The molecular formula is C28H35FN2O3S2. The molecule has 3 atom stereocenters. The standard InChI is InChI=1S/C28H35FN2O3S2/c1-19-11-15-35-28(19)36-16-14-31-13-10-20(21(18-31)4-8-27(32)33)3-6-25(29)23-9-12-30-26-7-5-22(34-2)17-24(23)26/h5,7,9,11-12,15,17,20-21,25H,3-4,6,8,10,13-14,16,18H2,1-2H3,(H,32,33)/t20-,21-,25-/m1/s1. The molecule has 194 valence electrons. The van der Waals surface area contributed by atoms with Gasteiger partial charge in [-0.05, 0) is 97.8 Å². The van der Waals surface area contributed by atoms with Crippen molar-refractivity contribution in [2.24, 2.45) is 11.8 Å². The van der Waals surface area contributed by atoms with E-state index in [0.717, 1.165) is 49.1 Å². The van der Waals surface area contributed by atoms with Gasteiger partial charge in [-0.3, -0.25) is 9.78 Å². The summed E-state index contributed by atoms with van der Waals surface area (Å²) in [5, 5.41) is 12.2. The largest absolute Gasteiger partial charge is 0.497 e. The van der Waals surface area contributed by atoms with Crippen LogP contribution in [0.5, 0.6) is 5.75 Å². The van der Waals surface area contributed by atoms with Gasteiger partial charge in [0.2, 0.25) is 0 Å². The molecule has 0 bridgehead atoms. The Balaban J connectivity index is 1.36. The monoisotopic (exact) mass is 530 g/mol. The summed E-state index contributed by atoms with van der Waals surface area (Å²) in [5.41, 5.74) is 2.75. The van der Waals surface area contributed by atoms with Gasteiger partial charge in [0, 0.05) is 36.8 Å². The number of thiophene rings is 1. The zero-order valence-corrected chi connectivity index (χ0v) is 22.6. The normalized spacial score (nSPS) is 19.4. The van der Waals surface area contributed by atoms with Gasteiger partial charge in [0.25, 0.3) is 0 Å². The second-order valence-electron chi connectivity index (χ2n) is 9.61. The number of nitrogens with zero attached hydrogens (tertiary/aromatic N) is 2. The zero-order chi connectivity index (χ0) is 25.5. The van der Waals surface area contributed by atoms with E-state index < -0.39 is 12.1 Å². The second-order valence-corrected chi connectivity index (χ2v) is 11.9. The van der Waals surface area contributed by atoms with Crippen LogP contribution in [0.3, 0.4) is 0 Å². The van der Waals surface area contributed by atoms with Crippen molar-refractivity contribution in [2.75, 3.05) is 32.5 Å². The molecule has 1 aliphatic heterocycles. The molecule has 8 heteroatoms. The van der Waals surface area contributed by atoms with Crippen LogP contribution in [0.15, 0.2) is 46.1 Å². The van der Waals surface area contributed by atoms with Crippen molar-refractivity contribution in [1.29, 1.82) is 0 Å². The summed E-state index contributed by atoms with van der Waals surface area (Å²) >= 11 is 3.69. The van der Waals surface area contributed by atoms with Crippen LogP contribution in [-0.2, 0) is 4.79 Å². The number of benzene rings is 1. The van der Waals surface area contributed by atoms with Gasteiger partial charge in [-0.2, -0.15) is 0 Å². The average molecular weight is 531 g/mol. The minimum atomic E-state index is -1.09. The summed E-state index contributed by atoms with van der Waals surface area (Å²) in [7, 11) is 1.61. The van der Waals surface area contributed by atoms with E-state index in [9.17, 15) is 9.90 Å². The van der Waals surface area contributed by atoms with E-state index in [1.807, 2.05) is 30.0 Å². The lowest BCUT2D eigenvalue weighted by atomic mass is 9.79. The molecule has 1 aliphatic rings. The lowest BCUT2D eigenvalue weighted by Crippen LogP contribution is -2.41. The number of piperidine rings is 1. The molecule has 3 aromatic rings. The number of methoxy groups -OCH3 is 1. The Morgan fingerprint density at radius 1 is 1.31 bits per heavy atom. The number of hydrogen-bond donors (Lipinski definition) is 1. The second kappa shape index (κ2) is 12.9. The maximum Gasteiger partial charge on any atom is 0.303 e. The minimum absolute atomic E-state index is 0.173. The summed E-state index contributed by atoms with van der Waals surface area (Å²) in [6.07, 6.45) is 3.58. The Hall–Kier alpha value is -2.16. The number of ether oxygens (including phenoxy) is 1. The number of likely N-dealkylation sites (tertiary alicyclic amines) is 1. The maximum atomic E-state index is 15.5. The van der Waals surface area contributed by atoms with Gasteiger partial charge < -0.3 is 14.7 Å². The fraction of sp³-hybridized carbons (Fsp3) is 0.500. The molecule has 36 heavy (non-hydrogen) atoms. The quantitative estimate of drug-likeness (QED) is 0.254. The molecule has 0 radical (unpaired) electrons. The highest BCUT2D eigenvalue weighted by Gasteiger charge is 2.30. The third kappa shape index (κ3) is 6.99. The van der Waals surface area contributed by atoms with Crippen LogP contribution < -0.4 is 4.74 Å². The predicted molar refractivity (Wildman–Crippen MR) is 146 cm³/mol. The number of rotatable bonds is 12. The SMILES string of the molecule is COc1ccc2nccc([C@H](F)CC[C@@H]3CCN(CCSc4sccc4C)C[C@H]3CCC(=O)O)c2c1. The molecule has 1 saturated heterocycles. The van der Waals surface area contributed by atoms with Crippen LogP contribution in [-0.4, -0.2) is 53.5 Å². The molecule has 0 saturated carbocycles. The summed E-state index contributed by atoms with van der Waals surface area (Å²) in [6.45, 7) is 5.03. The summed E-state index contributed by atoms with van der Waals surface area (Å²) < 4.78 is 22.2. The summed E-state index contributed by atoms with van der Waals surface area (Å²) in [6, 6.07) is 9.48. The van der Waals surface area contributed by atoms with Crippen molar-refractivity contribution in [1.82, 2.24) is 9.88 Å². The van der Waals surface area contributed by atoms with Crippen molar-refractivity contribution in [3.63, 3.8) is 0 Å². The van der Waals surface area contributed by atoms with Crippen LogP contribution >= 0.6 is 23.1 Å². The summed E-state index contributed by atoms with van der Waals surface area (Å²) in [4.78, 5) is 18.1. The number of carboxylic acid groups (broad SMARTS) is 1. The first-order valence-electron chi connectivity index (χ1n) is 12.6. The fourth-order valence-electron chi connectivity index (χ4n) is 5.21. The van der Waals surface area contributed by atoms with Crippen LogP contribution in [0.2, 0.25) is 0 Å². The number of aromatic nitrogens is 1. The number of aryl methyl sites for hydroxylation is 1. The molecule has 1 N–H and O–H groups in total. The van der Waals surface area contributed by atoms with E-state index in [2.05, 4.69) is 28.3 Å². The van der Waals surface area contributed by atoms with Gasteiger partial charge in [-0.25, -0.2) is 4.39 Å². The van der Waals surface area contributed by atoms with Gasteiger partial charge in [0.05, 0.1) is 16.8 Å². The molecule has 3 heterocycles. The molecule has 2 aromatic heterocycles. The molecule has 0 spiro atoms. The van der Waals surface area contributed by atoms with Crippen LogP contribution in [0.25, 0.3) is 10.9 Å². The van der Waals surface area contributed by atoms with Crippen molar-refractivity contribution < 1.29 is 19.0 Å². The van der Waals surface area contributed by atoms with E-state index in [4.69, 9.17) is 4.74 Å².